The van der Waals surface area contributed by atoms with Crippen LogP contribution in [0, 0.1) is 5.41 Å². The van der Waals surface area contributed by atoms with E-state index in [-0.39, 0.29) is 0 Å². The van der Waals surface area contributed by atoms with E-state index in [1.54, 1.807) is 11.3 Å². The monoisotopic (exact) mass is 242 g/mol. The van der Waals surface area contributed by atoms with Gasteiger partial charge in [0.15, 0.2) is 0 Å². The number of thiophene rings is 1. The number of nitrogens with zero attached hydrogens (tertiary/aromatic N) is 1. The molecular weight excluding hydrogens is 228 g/mol. The SMILES string of the molecule is N=C1CCCCN1CCc1ccc(Cl)s1. The van der Waals surface area contributed by atoms with Crippen LogP contribution in [-0.2, 0) is 6.42 Å². The molecule has 2 rings (SSSR count). The molecule has 15 heavy (non-hydrogen) atoms. The van der Waals surface area contributed by atoms with Gasteiger partial charge in [-0.15, -0.1) is 11.3 Å². The first-order chi connectivity index (χ1) is 7.25. The maximum absolute atomic E-state index is 7.82. The average Bonchev–Trinajstić information content (AvgIpc) is 2.63. The topological polar surface area (TPSA) is 27.1 Å². The highest BCUT2D eigenvalue weighted by Crippen LogP contribution is 2.22. The van der Waals surface area contributed by atoms with Crippen molar-refractivity contribution in [3.05, 3.63) is 21.3 Å². The predicted octanol–water partition coefficient (Wildman–Crippen LogP) is 3.41. The van der Waals surface area contributed by atoms with Crippen molar-refractivity contribution in [1.82, 2.24) is 4.90 Å². The molecule has 1 fully saturated rings. The standard InChI is InChI=1S/C11H15ClN2S/c12-10-5-4-9(15-10)6-8-14-7-2-1-3-11(14)13/h4-5,13H,1-3,6-8H2. The molecule has 1 aromatic rings. The Bertz CT molecular complexity index is 348. The molecule has 1 saturated heterocycles. The van der Waals surface area contributed by atoms with Gasteiger partial charge in [0.05, 0.1) is 10.2 Å². The van der Waals surface area contributed by atoms with E-state index in [2.05, 4.69) is 11.0 Å². The quantitative estimate of drug-likeness (QED) is 0.864. The summed E-state index contributed by atoms with van der Waals surface area (Å²) in [5, 5.41) is 7.82. The summed E-state index contributed by atoms with van der Waals surface area (Å²) in [6.45, 7) is 2.02. The summed E-state index contributed by atoms with van der Waals surface area (Å²) in [7, 11) is 0. The highest BCUT2D eigenvalue weighted by Gasteiger charge is 2.14. The van der Waals surface area contributed by atoms with Crippen molar-refractivity contribution in [2.75, 3.05) is 13.1 Å². The lowest BCUT2D eigenvalue weighted by Gasteiger charge is -2.29. The summed E-state index contributed by atoms with van der Waals surface area (Å²) in [5.41, 5.74) is 0. The van der Waals surface area contributed by atoms with Crippen LogP contribution in [0.25, 0.3) is 0 Å². The third-order valence-corrected chi connectivity index (χ3v) is 4.02. The van der Waals surface area contributed by atoms with Gasteiger partial charge in [-0.05, 0) is 31.4 Å². The number of likely N-dealkylation sites (tertiary alicyclic amines) is 1. The van der Waals surface area contributed by atoms with E-state index in [4.69, 9.17) is 17.0 Å². The third kappa shape index (κ3) is 2.95. The molecular formula is C11H15ClN2S. The van der Waals surface area contributed by atoms with Gasteiger partial charge in [0.25, 0.3) is 0 Å². The molecule has 0 unspecified atom stereocenters. The molecule has 0 atom stereocenters. The van der Waals surface area contributed by atoms with E-state index in [1.165, 1.54) is 17.7 Å². The molecule has 0 radical (unpaired) electrons. The van der Waals surface area contributed by atoms with Crippen molar-refractivity contribution in [3.8, 4) is 0 Å². The van der Waals surface area contributed by atoms with Gasteiger partial charge < -0.3 is 4.90 Å². The van der Waals surface area contributed by atoms with E-state index in [9.17, 15) is 0 Å². The molecule has 0 saturated carbocycles. The van der Waals surface area contributed by atoms with Gasteiger partial charge in [0.2, 0.25) is 0 Å². The van der Waals surface area contributed by atoms with E-state index in [1.807, 2.05) is 6.07 Å². The maximum atomic E-state index is 7.82. The van der Waals surface area contributed by atoms with Gasteiger partial charge in [-0.1, -0.05) is 11.6 Å². The van der Waals surface area contributed by atoms with Crippen molar-refractivity contribution < 1.29 is 0 Å². The van der Waals surface area contributed by atoms with Crippen LogP contribution in [0.1, 0.15) is 24.1 Å². The zero-order valence-electron chi connectivity index (χ0n) is 8.63. The number of rotatable bonds is 3. The zero-order chi connectivity index (χ0) is 10.7. The highest BCUT2D eigenvalue weighted by atomic mass is 35.5. The Hall–Kier alpha value is -0.540. The van der Waals surface area contributed by atoms with E-state index < -0.39 is 0 Å². The number of piperidine rings is 1. The first-order valence-corrected chi connectivity index (χ1v) is 6.52. The van der Waals surface area contributed by atoms with Crippen LogP contribution in [0.5, 0.6) is 0 Å². The molecule has 1 aliphatic rings. The lowest BCUT2D eigenvalue weighted by atomic mass is 10.1. The van der Waals surface area contributed by atoms with Gasteiger partial charge >= 0.3 is 0 Å². The summed E-state index contributed by atoms with van der Waals surface area (Å²) in [6, 6.07) is 4.03. The van der Waals surface area contributed by atoms with Gasteiger partial charge in [0.1, 0.15) is 0 Å². The van der Waals surface area contributed by atoms with Crippen molar-refractivity contribution in [3.63, 3.8) is 0 Å². The Morgan fingerprint density at radius 1 is 1.40 bits per heavy atom. The van der Waals surface area contributed by atoms with E-state index in [0.29, 0.717) is 0 Å². The molecule has 2 heterocycles. The minimum atomic E-state index is 0.809. The first-order valence-electron chi connectivity index (χ1n) is 5.32. The molecule has 0 bridgehead atoms. The summed E-state index contributed by atoms with van der Waals surface area (Å²) < 4.78 is 0.860. The van der Waals surface area contributed by atoms with Gasteiger partial charge in [-0.2, -0.15) is 0 Å². The van der Waals surface area contributed by atoms with Crippen molar-refractivity contribution >= 4 is 28.8 Å². The minimum Gasteiger partial charge on any atom is -0.360 e. The second-order valence-electron chi connectivity index (χ2n) is 3.85. The van der Waals surface area contributed by atoms with Crippen LogP contribution in [0.2, 0.25) is 4.34 Å². The molecule has 1 N–H and O–H groups in total. The lowest BCUT2D eigenvalue weighted by Crippen LogP contribution is -2.36. The summed E-state index contributed by atoms with van der Waals surface area (Å²) in [6.07, 6.45) is 4.37. The average molecular weight is 243 g/mol. The Morgan fingerprint density at radius 3 is 2.93 bits per heavy atom. The van der Waals surface area contributed by atoms with Crippen LogP contribution in [0.3, 0.4) is 0 Å². The predicted molar refractivity (Wildman–Crippen MR) is 66.2 cm³/mol. The molecule has 2 nitrogen and oxygen atoms in total. The van der Waals surface area contributed by atoms with E-state index >= 15 is 0 Å². The molecule has 1 aromatic heterocycles. The van der Waals surface area contributed by atoms with Crippen LogP contribution in [0.15, 0.2) is 12.1 Å². The number of halogens is 1. The number of hydrogen-bond donors (Lipinski definition) is 1. The van der Waals surface area contributed by atoms with E-state index in [0.717, 1.165) is 36.1 Å². The number of amidine groups is 1. The fraction of sp³-hybridized carbons (Fsp3) is 0.545. The highest BCUT2D eigenvalue weighted by molar-refractivity contribution is 7.16. The molecule has 0 amide bonds. The second-order valence-corrected chi connectivity index (χ2v) is 5.65. The second kappa shape index (κ2) is 4.99. The Kier molecular flexibility index (Phi) is 3.65. The van der Waals surface area contributed by atoms with Crippen molar-refractivity contribution in [1.29, 1.82) is 5.41 Å². The van der Waals surface area contributed by atoms with Crippen LogP contribution in [-0.4, -0.2) is 23.8 Å². The molecule has 82 valence electrons. The number of nitrogens with one attached hydrogen (secondary N) is 1. The van der Waals surface area contributed by atoms with Crippen molar-refractivity contribution in [2.45, 2.75) is 25.7 Å². The molecule has 0 aliphatic carbocycles. The van der Waals surface area contributed by atoms with Gasteiger partial charge in [-0.25, -0.2) is 0 Å². The fourth-order valence-corrected chi connectivity index (χ4v) is 2.94. The Labute approximate surface area is 99.4 Å². The van der Waals surface area contributed by atoms with Crippen LogP contribution in [0.4, 0.5) is 0 Å². The largest absolute Gasteiger partial charge is 0.360 e. The van der Waals surface area contributed by atoms with Crippen molar-refractivity contribution in [2.24, 2.45) is 0 Å². The van der Waals surface area contributed by atoms with Gasteiger partial charge in [0, 0.05) is 24.4 Å². The normalized spacial score (nSPS) is 17.1. The lowest BCUT2D eigenvalue weighted by molar-refractivity contribution is 0.371. The molecule has 4 heteroatoms. The minimum absolute atomic E-state index is 0.809. The Morgan fingerprint density at radius 2 is 2.27 bits per heavy atom. The summed E-state index contributed by atoms with van der Waals surface area (Å²) in [5.74, 6) is 0.809. The maximum Gasteiger partial charge on any atom is 0.0957 e. The number of hydrogen-bond acceptors (Lipinski definition) is 2. The third-order valence-electron chi connectivity index (χ3n) is 2.73. The fourth-order valence-electron chi connectivity index (χ4n) is 1.87. The van der Waals surface area contributed by atoms with Crippen LogP contribution < -0.4 is 0 Å². The Balaban J connectivity index is 1.84. The molecule has 0 spiro atoms. The van der Waals surface area contributed by atoms with Crippen LogP contribution >= 0.6 is 22.9 Å². The summed E-state index contributed by atoms with van der Waals surface area (Å²) >= 11 is 7.52. The molecule has 1 aliphatic heterocycles. The summed E-state index contributed by atoms with van der Waals surface area (Å²) in [4.78, 5) is 3.51. The smallest absolute Gasteiger partial charge is 0.0957 e. The zero-order valence-corrected chi connectivity index (χ0v) is 10.2. The van der Waals surface area contributed by atoms with Gasteiger partial charge in [-0.3, -0.25) is 5.41 Å². The molecule has 0 aromatic carbocycles. The first kappa shape index (κ1) is 11.0.